The van der Waals surface area contributed by atoms with Crippen molar-refractivity contribution in [2.75, 3.05) is 33.4 Å². The largest absolute Gasteiger partial charge is 0.396 e. The molecule has 4 nitrogen and oxygen atoms in total. The summed E-state index contributed by atoms with van der Waals surface area (Å²) >= 11 is 0. The Morgan fingerprint density at radius 3 is 2.93 bits per heavy atom. The van der Waals surface area contributed by atoms with Crippen LogP contribution in [0.25, 0.3) is 0 Å². The number of rotatable bonds is 5. The van der Waals surface area contributed by atoms with Crippen LogP contribution in [-0.4, -0.2) is 55.5 Å². The maximum Gasteiger partial charge on any atom is 0.0599 e. The van der Waals surface area contributed by atoms with Crippen LogP contribution in [-0.2, 0) is 4.74 Å². The Morgan fingerprint density at radius 1 is 1.57 bits per heavy atom. The molecule has 14 heavy (non-hydrogen) atoms. The summed E-state index contributed by atoms with van der Waals surface area (Å²) in [5.41, 5.74) is 5.72. The number of methoxy groups -OCH3 is 1. The minimum atomic E-state index is 0.265. The van der Waals surface area contributed by atoms with Gasteiger partial charge in [0, 0.05) is 39.4 Å². The molecule has 0 radical (unpaired) electrons. The first-order valence-corrected chi connectivity index (χ1v) is 5.39. The van der Waals surface area contributed by atoms with Crippen LogP contribution in [0.15, 0.2) is 0 Å². The summed E-state index contributed by atoms with van der Waals surface area (Å²) in [4.78, 5) is 2.37. The van der Waals surface area contributed by atoms with Gasteiger partial charge in [-0.2, -0.15) is 0 Å². The fourth-order valence-electron chi connectivity index (χ4n) is 2.09. The van der Waals surface area contributed by atoms with Crippen molar-refractivity contribution in [3.8, 4) is 0 Å². The summed E-state index contributed by atoms with van der Waals surface area (Å²) in [7, 11) is 1.77. The van der Waals surface area contributed by atoms with E-state index >= 15 is 0 Å². The lowest BCUT2D eigenvalue weighted by Gasteiger charge is -2.38. The Balaban J connectivity index is 2.35. The molecule has 0 aromatic rings. The first kappa shape index (κ1) is 11.9. The summed E-state index contributed by atoms with van der Waals surface area (Å²) in [6, 6.07) is 0.431. The molecule has 1 rings (SSSR count). The van der Waals surface area contributed by atoms with E-state index in [0.29, 0.717) is 18.7 Å². The Labute approximate surface area is 86.0 Å². The van der Waals surface area contributed by atoms with E-state index in [4.69, 9.17) is 15.6 Å². The number of aliphatic hydroxyl groups is 1. The molecule has 3 N–H and O–H groups in total. The van der Waals surface area contributed by atoms with Gasteiger partial charge in [-0.3, -0.25) is 4.90 Å². The molecule has 0 aromatic heterocycles. The number of nitrogens with two attached hydrogens (primary N) is 1. The Bertz CT molecular complexity index is 155. The molecule has 0 bridgehead atoms. The molecule has 1 aliphatic rings. The van der Waals surface area contributed by atoms with Crippen LogP contribution >= 0.6 is 0 Å². The fraction of sp³-hybridized carbons (Fsp3) is 1.00. The third kappa shape index (κ3) is 3.20. The van der Waals surface area contributed by atoms with Crippen LogP contribution < -0.4 is 5.73 Å². The van der Waals surface area contributed by atoms with E-state index in [0.717, 1.165) is 32.4 Å². The van der Waals surface area contributed by atoms with Gasteiger partial charge in [0.15, 0.2) is 0 Å². The number of likely N-dealkylation sites (tertiary alicyclic amines) is 1. The second-order valence-corrected chi connectivity index (χ2v) is 3.88. The third-order valence-electron chi connectivity index (χ3n) is 3.00. The van der Waals surface area contributed by atoms with E-state index in [1.54, 1.807) is 7.11 Å². The van der Waals surface area contributed by atoms with Crippen molar-refractivity contribution in [3.05, 3.63) is 0 Å². The molecule has 1 aliphatic heterocycles. The van der Waals surface area contributed by atoms with Gasteiger partial charge in [-0.15, -0.1) is 0 Å². The molecule has 2 atom stereocenters. The highest BCUT2D eigenvalue weighted by Crippen LogP contribution is 2.18. The molecule has 0 spiro atoms. The quantitative estimate of drug-likeness (QED) is 0.648. The lowest BCUT2D eigenvalue weighted by molar-refractivity contribution is 0.0116. The predicted molar refractivity (Wildman–Crippen MR) is 56.1 cm³/mol. The molecule has 0 amide bonds. The number of hydrogen-bond acceptors (Lipinski definition) is 4. The monoisotopic (exact) mass is 202 g/mol. The van der Waals surface area contributed by atoms with Crippen molar-refractivity contribution in [1.82, 2.24) is 4.90 Å². The van der Waals surface area contributed by atoms with E-state index in [1.165, 1.54) is 0 Å². The van der Waals surface area contributed by atoms with Crippen LogP contribution in [0, 0.1) is 0 Å². The molecule has 0 aromatic carbocycles. The minimum absolute atomic E-state index is 0.265. The molecule has 84 valence electrons. The zero-order valence-corrected chi connectivity index (χ0v) is 8.98. The van der Waals surface area contributed by atoms with Gasteiger partial charge in [0.2, 0.25) is 0 Å². The molecule has 0 aliphatic carbocycles. The summed E-state index contributed by atoms with van der Waals surface area (Å²) in [5.74, 6) is 0. The molecule has 1 heterocycles. The minimum Gasteiger partial charge on any atom is -0.396 e. The number of aliphatic hydroxyl groups excluding tert-OH is 1. The molecule has 1 saturated heterocycles. The Morgan fingerprint density at radius 2 is 2.36 bits per heavy atom. The highest BCUT2D eigenvalue weighted by Gasteiger charge is 2.26. The van der Waals surface area contributed by atoms with Crippen LogP contribution in [0.4, 0.5) is 0 Å². The molecule has 2 unspecified atom stereocenters. The van der Waals surface area contributed by atoms with Crippen molar-refractivity contribution in [3.63, 3.8) is 0 Å². The number of nitrogens with zero attached hydrogens (tertiary/aromatic N) is 1. The first-order chi connectivity index (χ1) is 6.81. The predicted octanol–water partition coefficient (Wildman–Crippen LogP) is -0.193. The summed E-state index contributed by atoms with van der Waals surface area (Å²) in [6.07, 6.45) is 3.32. The van der Waals surface area contributed by atoms with Crippen molar-refractivity contribution >= 4 is 0 Å². The van der Waals surface area contributed by atoms with Crippen LogP contribution in [0.3, 0.4) is 0 Å². The van der Waals surface area contributed by atoms with Gasteiger partial charge in [0.25, 0.3) is 0 Å². The van der Waals surface area contributed by atoms with Crippen LogP contribution in [0.1, 0.15) is 19.3 Å². The smallest absolute Gasteiger partial charge is 0.0599 e. The average Bonchev–Trinajstić information content (AvgIpc) is 2.26. The standard InChI is InChI=1S/C10H22N2O2/c1-14-10-3-5-12(4-2-6-13)9(7-10)8-11/h9-10,13H,2-8,11H2,1H3. The molecule has 0 saturated carbocycles. The van der Waals surface area contributed by atoms with Gasteiger partial charge in [0.05, 0.1) is 6.10 Å². The van der Waals surface area contributed by atoms with E-state index in [9.17, 15) is 0 Å². The summed E-state index contributed by atoms with van der Waals surface area (Å²) < 4.78 is 5.34. The lowest BCUT2D eigenvalue weighted by atomic mass is 9.99. The van der Waals surface area contributed by atoms with E-state index in [2.05, 4.69) is 4.90 Å². The summed E-state index contributed by atoms with van der Waals surface area (Å²) in [6.45, 7) is 2.95. The maximum absolute atomic E-state index is 8.77. The zero-order chi connectivity index (χ0) is 10.4. The first-order valence-electron chi connectivity index (χ1n) is 5.39. The SMILES string of the molecule is COC1CCN(CCCO)C(CN)C1. The van der Waals surface area contributed by atoms with E-state index in [1.807, 2.05) is 0 Å². The van der Waals surface area contributed by atoms with Gasteiger partial charge in [-0.25, -0.2) is 0 Å². The van der Waals surface area contributed by atoms with Gasteiger partial charge in [-0.05, 0) is 19.3 Å². The number of hydrogen-bond donors (Lipinski definition) is 2. The van der Waals surface area contributed by atoms with Crippen molar-refractivity contribution < 1.29 is 9.84 Å². The maximum atomic E-state index is 8.77. The van der Waals surface area contributed by atoms with Crippen molar-refractivity contribution in [2.24, 2.45) is 5.73 Å². The van der Waals surface area contributed by atoms with E-state index in [-0.39, 0.29) is 6.61 Å². The fourth-order valence-corrected chi connectivity index (χ4v) is 2.09. The lowest BCUT2D eigenvalue weighted by Crippen LogP contribution is -2.48. The topological polar surface area (TPSA) is 58.7 Å². The van der Waals surface area contributed by atoms with Crippen molar-refractivity contribution in [1.29, 1.82) is 0 Å². The molecule has 1 fully saturated rings. The van der Waals surface area contributed by atoms with Gasteiger partial charge in [-0.1, -0.05) is 0 Å². The normalized spacial score (nSPS) is 29.4. The summed E-state index contributed by atoms with van der Waals surface area (Å²) in [5, 5.41) is 8.77. The van der Waals surface area contributed by atoms with Crippen LogP contribution in [0.5, 0.6) is 0 Å². The highest BCUT2D eigenvalue weighted by molar-refractivity contribution is 4.82. The second kappa shape index (κ2) is 6.35. The van der Waals surface area contributed by atoms with Gasteiger partial charge in [0.1, 0.15) is 0 Å². The molecular weight excluding hydrogens is 180 g/mol. The Kier molecular flexibility index (Phi) is 5.40. The second-order valence-electron chi connectivity index (χ2n) is 3.88. The molecule has 4 heteroatoms. The third-order valence-corrected chi connectivity index (χ3v) is 3.00. The number of ether oxygens (including phenoxy) is 1. The van der Waals surface area contributed by atoms with Crippen LogP contribution in [0.2, 0.25) is 0 Å². The molecular formula is C10H22N2O2. The van der Waals surface area contributed by atoms with E-state index < -0.39 is 0 Å². The number of piperidine rings is 1. The highest BCUT2D eigenvalue weighted by atomic mass is 16.5. The van der Waals surface area contributed by atoms with Gasteiger partial charge < -0.3 is 15.6 Å². The zero-order valence-electron chi connectivity index (χ0n) is 8.98. The van der Waals surface area contributed by atoms with Gasteiger partial charge >= 0.3 is 0 Å². The average molecular weight is 202 g/mol. The van der Waals surface area contributed by atoms with Crippen molar-refractivity contribution in [2.45, 2.75) is 31.4 Å². The Hall–Kier alpha value is -0.160.